The summed E-state index contributed by atoms with van der Waals surface area (Å²) in [6.45, 7) is 2.60. The largest absolute Gasteiger partial charge is 0.451 e. The molecular weight excluding hydrogens is 336 g/mol. The van der Waals surface area contributed by atoms with Gasteiger partial charge in [-0.3, -0.25) is 4.98 Å². The van der Waals surface area contributed by atoms with E-state index in [9.17, 15) is 0 Å². The van der Waals surface area contributed by atoms with Crippen LogP contribution in [0.5, 0.6) is 0 Å². The molecule has 0 atom stereocenters. The monoisotopic (exact) mass is 344 g/mol. The lowest BCUT2D eigenvalue weighted by Crippen LogP contribution is -1.98. The highest BCUT2D eigenvalue weighted by Gasteiger charge is 2.05. The first-order valence-electron chi connectivity index (χ1n) is 4.75. The molecule has 1 N–H and O–H groups in total. The van der Waals surface area contributed by atoms with Gasteiger partial charge in [0.1, 0.15) is 5.76 Å². The molecule has 0 saturated heterocycles. The minimum atomic E-state index is 0.634. The van der Waals surface area contributed by atoms with Crippen LogP contribution in [0.2, 0.25) is 0 Å². The smallest absolute Gasteiger partial charge is 0.183 e. The quantitative estimate of drug-likeness (QED) is 0.909. The number of rotatable bonds is 3. The Morgan fingerprint density at radius 1 is 1.38 bits per heavy atom. The molecule has 0 aliphatic heterocycles. The third-order valence-corrected chi connectivity index (χ3v) is 3.78. The Bertz CT molecular complexity index is 460. The summed E-state index contributed by atoms with van der Waals surface area (Å²) in [6, 6.07) is 5.89. The van der Waals surface area contributed by atoms with Crippen molar-refractivity contribution in [2.24, 2.45) is 0 Å². The molecule has 2 heterocycles. The van der Waals surface area contributed by atoms with E-state index >= 15 is 0 Å². The Morgan fingerprint density at radius 2 is 2.19 bits per heavy atom. The molecule has 0 radical (unpaired) electrons. The van der Waals surface area contributed by atoms with Gasteiger partial charge in [-0.1, -0.05) is 0 Å². The molecule has 5 heteroatoms. The molecule has 2 rings (SSSR count). The van der Waals surface area contributed by atoms with Gasteiger partial charge in [-0.15, -0.1) is 0 Å². The van der Waals surface area contributed by atoms with Crippen LogP contribution in [0.4, 0.5) is 5.69 Å². The second-order valence-corrected chi connectivity index (χ2v) is 4.95. The number of aryl methyl sites for hydroxylation is 1. The summed E-state index contributed by atoms with van der Waals surface area (Å²) < 4.78 is 7.08. The zero-order chi connectivity index (χ0) is 11.5. The van der Waals surface area contributed by atoms with Crippen LogP contribution >= 0.6 is 31.9 Å². The fourth-order valence-electron chi connectivity index (χ4n) is 1.24. The molecule has 0 bridgehead atoms. The molecule has 16 heavy (non-hydrogen) atoms. The van der Waals surface area contributed by atoms with Crippen molar-refractivity contribution in [2.75, 3.05) is 5.32 Å². The van der Waals surface area contributed by atoms with Crippen molar-refractivity contribution in [3.05, 3.63) is 45.0 Å². The van der Waals surface area contributed by atoms with Gasteiger partial charge < -0.3 is 9.73 Å². The summed E-state index contributed by atoms with van der Waals surface area (Å²) in [5, 5.41) is 3.23. The first kappa shape index (κ1) is 11.7. The number of nitrogens with one attached hydrogen (secondary N) is 1. The first-order chi connectivity index (χ1) is 7.65. The lowest BCUT2D eigenvalue weighted by molar-refractivity contribution is 0.494. The summed E-state index contributed by atoms with van der Waals surface area (Å²) in [5.74, 6) is 0.860. The molecule has 0 aliphatic carbocycles. The number of nitrogens with zero attached hydrogens (tertiary/aromatic N) is 1. The van der Waals surface area contributed by atoms with Crippen LogP contribution in [0.1, 0.15) is 11.5 Å². The standard InChI is InChI=1S/C11H10Br2N2O/c1-7-2-3-8(5-14-7)15-6-9-4-10(12)11(13)16-9/h2-5,15H,6H2,1H3. The topological polar surface area (TPSA) is 38.1 Å². The number of hydrogen-bond donors (Lipinski definition) is 1. The molecule has 3 nitrogen and oxygen atoms in total. The number of aromatic nitrogens is 1. The number of furan rings is 1. The van der Waals surface area contributed by atoms with Crippen LogP contribution in [0.25, 0.3) is 0 Å². The van der Waals surface area contributed by atoms with E-state index in [1.807, 2.05) is 31.3 Å². The van der Waals surface area contributed by atoms with Crippen molar-refractivity contribution in [2.45, 2.75) is 13.5 Å². The second-order valence-electron chi connectivity index (χ2n) is 3.38. The van der Waals surface area contributed by atoms with E-state index in [0.29, 0.717) is 11.2 Å². The number of halogens is 2. The Kier molecular flexibility index (Phi) is 3.66. The zero-order valence-electron chi connectivity index (χ0n) is 8.63. The Labute approximate surface area is 111 Å². The molecule has 84 valence electrons. The summed E-state index contributed by atoms with van der Waals surface area (Å²) >= 11 is 6.67. The van der Waals surface area contributed by atoms with Crippen molar-refractivity contribution in [3.63, 3.8) is 0 Å². The highest BCUT2D eigenvalue weighted by atomic mass is 79.9. The van der Waals surface area contributed by atoms with E-state index in [2.05, 4.69) is 42.2 Å². The number of hydrogen-bond acceptors (Lipinski definition) is 3. The predicted octanol–water partition coefficient (Wildman–Crippen LogP) is 4.12. The maximum absolute atomic E-state index is 5.45. The van der Waals surface area contributed by atoms with Crippen LogP contribution in [-0.2, 0) is 6.54 Å². The Hall–Kier alpha value is -0.810. The van der Waals surface area contributed by atoms with E-state index in [1.165, 1.54) is 0 Å². The van der Waals surface area contributed by atoms with E-state index in [0.717, 1.165) is 21.6 Å². The maximum atomic E-state index is 5.45. The number of anilines is 1. The fraction of sp³-hybridized carbons (Fsp3) is 0.182. The zero-order valence-corrected chi connectivity index (χ0v) is 11.8. The fourth-order valence-corrected chi connectivity index (χ4v) is 1.90. The van der Waals surface area contributed by atoms with Gasteiger partial charge in [0.25, 0.3) is 0 Å². The minimum absolute atomic E-state index is 0.634. The number of pyridine rings is 1. The van der Waals surface area contributed by atoms with Crippen LogP contribution < -0.4 is 5.32 Å². The van der Waals surface area contributed by atoms with Crippen LogP contribution in [-0.4, -0.2) is 4.98 Å². The first-order valence-corrected chi connectivity index (χ1v) is 6.34. The molecule has 0 fully saturated rings. The van der Waals surface area contributed by atoms with Gasteiger partial charge in [-0.05, 0) is 57.0 Å². The normalized spacial score (nSPS) is 10.4. The summed E-state index contributed by atoms with van der Waals surface area (Å²) in [5.41, 5.74) is 1.99. The summed E-state index contributed by atoms with van der Waals surface area (Å²) in [4.78, 5) is 4.20. The van der Waals surface area contributed by atoms with E-state index < -0.39 is 0 Å². The van der Waals surface area contributed by atoms with Gasteiger partial charge in [0.2, 0.25) is 0 Å². The molecule has 0 amide bonds. The third kappa shape index (κ3) is 2.86. The molecule has 2 aromatic heterocycles. The maximum Gasteiger partial charge on any atom is 0.183 e. The highest BCUT2D eigenvalue weighted by Crippen LogP contribution is 2.27. The summed E-state index contributed by atoms with van der Waals surface area (Å²) in [6.07, 6.45) is 1.81. The van der Waals surface area contributed by atoms with Crippen LogP contribution in [0.15, 0.2) is 38.0 Å². The van der Waals surface area contributed by atoms with Crippen molar-refractivity contribution < 1.29 is 4.42 Å². The van der Waals surface area contributed by atoms with Crippen molar-refractivity contribution >= 4 is 37.5 Å². The minimum Gasteiger partial charge on any atom is -0.451 e. The van der Waals surface area contributed by atoms with Crippen molar-refractivity contribution in [3.8, 4) is 0 Å². The van der Waals surface area contributed by atoms with Gasteiger partial charge in [-0.2, -0.15) is 0 Å². The van der Waals surface area contributed by atoms with Gasteiger partial charge in [0.05, 0.1) is 22.9 Å². The average Bonchev–Trinajstić information content (AvgIpc) is 2.58. The van der Waals surface area contributed by atoms with Crippen molar-refractivity contribution in [1.82, 2.24) is 4.98 Å². The molecule has 0 aliphatic rings. The molecule has 0 aromatic carbocycles. The van der Waals surface area contributed by atoms with Gasteiger partial charge in [0, 0.05) is 5.69 Å². The Morgan fingerprint density at radius 3 is 2.75 bits per heavy atom. The SMILES string of the molecule is Cc1ccc(NCc2cc(Br)c(Br)o2)cn1. The van der Waals surface area contributed by atoms with Gasteiger partial charge >= 0.3 is 0 Å². The third-order valence-electron chi connectivity index (χ3n) is 2.07. The lowest BCUT2D eigenvalue weighted by atomic mass is 10.3. The van der Waals surface area contributed by atoms with Crippen LogP contribution in [0.3, 0.4) is 0 Å². The van der Waals surface area contributed by atoms with Gasteiger partial charge in [0.15, 0.2) is 4.67 Å². The Balaban J connectivity index is 1.99. The van der Waals surface area contributed by atoms with Crippen molar-refractivity contribution in [1.29, 1.82) is 0 Å². The molecule has 0 unspecified atom stereocenters. The molecule has 2 aromatic rings. The van der Waals surface area contributed by atoms with E-state index in [-0.39, 0.29) is 0 Å². The molecule has 0 spiro atoms. The predicted molar refractivity (Wildman–Crippen MR) is 70.4 cm³/mol. The molecule has 0 saturated carbocycles. The van der Waals surface area contributed by atoms with E-state index in [1.54, 1.807) is 0 Å². The highest BCUT2D eigenvalue weighted by molar-refractivity contribution is 9.13. The lowest BCUT2D eigenvalue weighted by Gasteiger charge is -2.03. The summed E-state index contributed by atoms with van der Waals surface area (Å²) in [7, 11) is 0. The second kappa shape index (κ2) is 5.01. The molecular formula is C11H10Br2N2O. The van der Waals surface area contributed by atoms with Gasteiger partial charge in [-0.25, -0.2) is 0 Å². The van der Waals surface area contributed by atoms with E-state index in [4.69, 9.17) is 4.42 Å². The average molecular weight is 346 g/mol. The van der Waals surface area contributed by atoms with Crippen LogP contribution in [0, 0.1) is 6.92 Å².